The van der Waals surface area contributed by atoms with Crippen LogP contribution in [0.2, 0.25) is 0 Å². The van der Waals surface area contributed by atoms with Gasteiger partial charge in [0, 0.05) is 11.4 Å². The zero-order chi connectivity index (χ0) is 28.3. The third kappa shape index (κ3) is 6.67. The van der Waals surface area contributed by atoms with Crippen molar-refractivity contribution >= 4 is 34.0 Å². The van der Waals surface area contributed by atoms with Gasteiger partial charge in [-0.1, -0.05) is 58.5 Å². The number of nitrogens with one attached hydrogen (secondary N) is 1. The molecule has 2 unspecified atom stereocenters. The summed E-state index contributed by atoms with van der Waals surface area (Å²) < 4.78 is 8.14. The summed E-state index contributed by atoms with van der Waals surface area (Å²) in [6.45, 7) is 15.8. The standard InChI is InChI=1S/C30H39N5O2S2/c1-8-35-27(19(4)37-22-12-9-20(10-13-22)18(2)3)33-34-29(35)38-17-26(36)32-28-24(16-31)23-14-11-21(30(5,6)7)15-25(23)39-28/h9-10,12-13,18-19,21H,8,11,14-15,17H2,1-7H3,(H,32,36). The van der Waals surface area contributed by atoms with E-state index in [1.54, 1.807) is 11.3 Å². The number of hydrogen-bond donors (Lipinski definition) is 1. The smallest absolute Gasteiger partial charge is 0.235 e. The van der Waals surface area contributed by atoms with Gasteiger partial charge < -0.3 is 14.6 Å². The van der Waals surface area contributed by atoms with Gasteiger partial charge in [-0.15, -0.1) is 21.5 Å². The molecule has 0 saturated carbocycles. The Bertz CT molecular complexity index is 1350. The van der Waals surface area contributed by atoms with Crippen molar-refractivity contribution in [1.82, 2.24) is 14.8 Å². The lowest BCUT2D eigenvalue weighted by Crippen LogP contribution is -2.26. The molecule has 208 valence electrons. The first-order valence-corrected chi connectivity index (χ1v) is 15.5. The molecule has 0 fully saturated rings. The minimum atomic E-state index is -0.293. The first kappa shape index (κ1) is 29.2. The zero-order valence-corrected chi connectivity index (χ0v) is 25.6. The van der Waals surface area contributed by atoms with Crippen molar-refractivity contribution in [2.24, 2.45) is 11.3 Å². The summed E-state index contributed by atoms with van der Waals surface area (Å²) >= 11 is 2.91. The Hall–Kier alpha value is -2.83. The average molecular weight is 566 g/mol. The van der Waals surface area contributed by atoms with E-state index in [2.05, 4.69) is 68.3 Å². The minimum Gasteiger partial charge on any atom is -0.483 e. The summed E-state index contributed by atoms with van der Waals surface area (Å²) in [5.74, 6) is 2.58. The van der Waals surface area contributed by atoms with E-state index in [0.717, 1.165) is 36.4 Å². The number of rotatable bonds is 9. The van der Waals surface area contributed by atoms with Crippen LogP contribution in [0, 0.1) is 22.7 Å². The van der Waals surface area contributed by atoms with Crippen LogP contribution in [0.1, 0.15) is 94.3 Å². The number of carbonyl (C=O) groups excluding carboxylic acids is 1. The molecule has 0 bridgehead atoms. The van der Waals surface area contributed by atoms with Crippen LogP contribution in [-0.2, 0) is 24.2 Å². The second-order valence-electron chi connectivity index (χ2n) is 11.5. The highest BCUT2D eigenvalue weighted by molar-refractivity contribution is 7.99. The molecule has 1 aliphatic carbocycles. The number of fused-ring (bicyclic) bond motifs is 1. The van der Waals surface area contributed by atoms with Crippen molar-refractivity contribution in [2.75, 3.05) is 11.1 Å². The van der Waals surface area contributed by atoms with Gasteiger partial charge in [0.05, 0.1) is 11.3 Å². The molecule has 2 aromatic heterocycles. The highest BCUT2D eigenvalue weighted by Gasteiger charge is 2.32. The Balaban J connectivity index is 1.39. The number of benzene rings is 1. The van der Waals surface area contributed by atoms with Crippen LogP contribution >= 0.6 is 23.1 Å². The fraction of sp³-hybridized carbons (Fsp3) is 0.533. The summed E-state index contributed by atoms with van der Waals surface area (Å²) in [5.41, 5.74) is 3.24. The van der Waals surface area contributed by atoms with E-state index in [0.29, 0.717) is 34.1 Å². The normalized spacial score (nSPS) is 16.0. The number of aromatic nitrogens is 3. The predicted octanol–water partition coefficient (Wildman–Crippen LogP) is 7.38. The molecule has 2 atom stereocenters. The average Bonchev–Trinajstić information content (AvgIpc) is 3.46. The topological polar surface area (TPSA) is 92.8 Å². The minimum absolute atomic E-state index is 0.149. The number of nitrogens with zero attached hydrogens (tertiary/aromatic N) is 4. The van der Waals surface area contributed by atoms with Gasteiger partial charge in [-0.05, 0) is 73.6 Å². The number of nitriles is 1. The van der Waals surface area contributed by atoms with E-state index in [9.17, 15) is 10.1 Å². The van der Waals surface area contributed by atoms with Crippen LogP contribution < -0.4 is 10.1 Å². The molecule has 1 aromatic carbocycles. The molecule has 2 heterocycles. The monoisotopic (exact) mass is 565 g/mol. The lowest BCUT2D eigenvalue weighted by atomic mass is 9.72. The molecule has 1 N–H and O–H groups in total. The number of anilines is 1. The molecule has 39 heavy (non-hydrogen) atoms. The second-order valence-corrected chi connectivity index (χ2v) is 13.6. The fourth-order valence-corrected chi connectivity index (χ4v) is 7.12. The Morgan fingerprint density at radius 3 is 2.59 bits per heavy atom. The van der Waals surface area contributed by atoms with Gasteiger partial charge in [-0.3, -0.25) is 4.79 Å². The highest BCUT2D eigenvalue weighted by atomic mass is 32.2. The molecule has 7 nitrogen and oxygen atoms in total. The van der Waals surface area contributed by atoms with Crippen LogP contribution in [0.5, 0.6) is 5.75 Å². The van der Waals surface area contributed by atoms with Gasteiger partial charge >= 0.3 is 0 Å². The summed E-state index contributed by atoms with van der Waals surface area (Å²) in [6, 6.07) is 10.5. The zero-order valence-electron chi connectivity index (χ0n) is 24.0. The first-order valence-electron chi connectivity index (χ1n) is 13.7. The van der Waals surface area contributed by atoms with Gasteiger partial charge in [0.2, 0.25) is 5.91 Å². The quantitative estimate of drug-likeness (QED) is 0.272. The van der Waals surface area contributed by atoms with Crippen molar-refractivity contribution in [3.8, 4) is 11.8 Å². The maximum atomic E-state index is 12.9. The van der Waals surface area contributed by atoms with Gasteiger partial charge in [-0.25, -0.2) is 0 Å². The van der Waals surface area contributed by atoms with Crippen LogP contribution in [0.4, 0.5) is 5.00 Å². The maximum Gasteiger partial charge on any atom is 0.235 e. The Kier molecular flexibility index (Phi) is 9.07. The molecular weight excluding hydrogens is 526 g/mol. The number of hydrogen-bond acceptors (Lipinski definition) is 7. The predicted molar refractivity (Wildman–Crippen MR) is 159 cm³/mol. The van der Waals surface area contributed by atoms with Gasteiger partial charge in [0.15, 0.2) is 17.1 Å². The molecule has 3 aromatic rings. The molecule has 1 amide bonds. The van der Waals surface area contributed by atoms with Crippen molar-refractivity contribution in [2.45, 2.75) is 91.5 Å². The number of carbonyl (C=O) groups is 1. The SMILES string of the molecule is CCn1c(SCC(=O)Nc2sc3c(c2C#N)CCC(C(C)(C)C)C3)nnc1C(C)Oc1ccc(C(C)C)cc1. The third-order valence-corrected chi connectivity index (χ3v) is 9.61. The molecule has 1 aliphatic rings. The van der Waals surface area contributed by atoms with E-state index in [4.69, 9.17) is 4.74 Å². The van der Waals surface area contributed by atoms with Crippen LogP contribution in [0.15, 0.2) is 29.4 Å². The molecule has 4 rings (SSSR count). The Morgan fingerprint density at radius 1 is 1.26 bits per heavy atom. The van der Waals surface area contributed by atoms with E-state index in [1.165, 1.54) is 22.2 Å². The van der Waals surface area contributed by atoms with Crippen LogP contribution in [-0.4, -0.2) is 26.4 Å². The number of thioether (sulfide) groups is 1. The summed E-state index contributed by atoms with van der Waals surface area (Å²) in [6.07, 6.45) is 2.64. The van der Waals surface area contributed by atoms with Crippen molar-refractivity contribution < 1.29 is 9.53 Å². The number of thiophene rings is 1. The van der Waals surface area contributed by atoms with Gasteiger partial charge in [-0.2, -0.15) is 5.26 Å². The van der Waals surface area contributed by atoms with E-state index < -0.39 is 0 Å². The molecule has 9 heteroatoms. The molecule has 0 spiro atoms. The number of amides is 1. The largest absolute Gasteiger partial charge is 0.483 e. The van der Waals surface area contributed by atoms with Crippen LogP contribution in [0.25, 0.3) is 0 Å². The summed E-state index contributed by atoms with van der Waals surface area (Å²) in [5, 5.41) is 22.9. The Morgan fingerprint density at radius 2 is 1.97 bits per heavy atom. The maximum absolute atomic E-state index is 12.9. The Labute approximate surface area is 240 Å². The van der Waals surface area contributed by atoms with Crippen LogP contribution in [0.3, 0.4) is 0 Å². The van der Waals surface area contributed by atoms with Crippen molar-refractivity contribution in [3.05, 3.63) is 51.7 Å². The van der Waals surface area contributed by atoms with Gasteiger partial charge in [0.25, 0.3) is 0 Å². The fourth-order valence-electron chi connectivity index (χ4n) is 5.02. The van der Waals surface area contributed by atoms with Crippen molar-refractivity contribution in [1.29, 1.82) is 5.26 Å². The third-order valence-electron chi connectivity index (χ3n) is 7.47. The van der Waals surface area contributed by atoms with E-state index in [1.807, 2.05) is 30.5 Å². The number of ether oxygens (including phenoxy) is 1. The highest BCUT2D eigenvalue weighted by Crippen LogP contribution is 2.44. The molecule has 0 aliphatic heterocycles. The van der Waals surface area contributed by atoms with Gasteiger partial charge in [0.1, 0.15) is 16.8 Å². The second kappa shape index (κ2) is 12.1. The first-order chi connectivity index (χ1) is 18.5. The molecular formula is C30H39N5O2S2. The van der Waals surface area contributed by atoms with Crippen molar-refractivity contribution in [3.63, 3.8) is 0 Å². The summed E-state index contributed by atoms with van der Waals surface area (Å²) in [7, 11) is 0. The van der Waals surface area contributed by atoms with E-state index in [-0.39, 0.29) is 23.2 Å². The lowest BCUT2D eigenvalue weighted by Gasteiger charge is -2.33. The molecule has 0 radical (unpaired) electrons. The molecule has 0 saturated heterocycles. The summed E-state index contributed by atoms with van der Waals surface area (Å²) in [4.78, 5) is 14.2. The van der Waals surface area contributed by atoms with E-state index >= 15 is 0 Å². The lowest BCUT2D eigenvalue weighted by molar-refractivity contribution is -0.113.